The lowest BCUT2D eigenvalue weighted by Gasteiger charge is -2.28. The van der Waals surface area contributed by atoms with Crippen LogP contribution < -0.4 is 15.8 Å². The van der Waals surface area contributed by atoms with E-state index >= 15 is 0 Å². The van der Waals surface area contributed by atoms with E-state index in [9.17, 15) is 4.79 Å². The van der Waals surface area contributed by atoms with Gasteiger partial charge in [-0.25, -0.2) is 0 Å². The van der Waals surface area contributed by atoms with Crippen LogP contribution in [-0.4, -0.2) is 19.1 Å². The van der Waals surface area contributed by atoms with E-state index in [-0.39, 0.29) is 5.91 Å². The van der Waals surface area contributed by atoms with Crippen LogP contribution in [0.25, 0.3) is 0 Å². The van der Waals surface area contributed by atoms with E-state index in [0.29, 0.717) is 19.7 Å². The van der Waals surface area contributed by atoms with Gasteiger partial charge in [0, 0.05) is 18.7 Å². The van der Waals surface area contributed by atoms with Gasteiger partial charge in [0.1, 0.15) is 5.75 Å². The average Bonchev–Trinajstić information content (AvgIpc) is 2.49. The molecular weight excluding hydrogens is 252 g/mol. The molecule has 0 heterocycles. The molecule has 20 heavy (non-hydrogen) atoms. The number of hydrogen-bond acceptors (Lipinski definition) is 3. The first-order chi connectivity index (χ1) is 9.63. The van der Waals surface area contributed by atoms with Crippen molar-refractivity contribution in [1.29, 1.82) is 0 Å². The maximum absolute atomic E-state index is 12.4. The van der Waals surface area contributed by atoms with Gasteiger partial charge in [0.2, 0.25) is 5.91 Å². The third kappa shape index (κ3) is 3.73. The maximum atomic E-state index is 12.4. The fourth-order valence-electron chi connectivity index (χ4n) is 2.26. The van der Waals surface area contributed by atoms with E-state index in [2.05, 4.69) is 5.32 Å². The first kappa shape index (κ1) is 16.5. The van der Waals surface area contributed by atoms with Gasteiger partial charge in [-0.3, -0.25) is 4.79 Å². The number of ether oxygens (including phenoxy) is 1. The molecule has 0 atom stereocenters. The lowest BCUT2D eigenvalue weighted by molar-refractivity contribution is -0.131. The van der Waals surface area contributed by atoms with Crippen LogP contribution in [0.4, 0.5) is 0 Å². The van der Waals surface area contributed by atoms with Gasteiger partial charge in [0.05, 0.1) is 12.0 Å². The largest absolute Gasteiger partial charge is 0.494 e. The van der Waals surface area contributed by atoms with Crippen molar-refractivity contribution in [1.82, 2.24) is 5.32 Å². The summed E-state index contributed by atoms with van der Waals surface area (Å²) in [5.74, 6) is 0.845. The lowest BCUT2D eigenvalue weighted by Crippen LogP contribution is -2.45. The minimum atomic E-state index is -0.458. The number of hydrogen-bond donors (Lipinski definition) is 2. The van der Waals surface area contributed by atoms with Crippen molar-refractivity contribution in [3.63, 3.8) is 0 Å². The summed E-state index contributed by atoms with van der Waals surface area (Å²) >= 11 is 0. The summed E-state index contributed by atoms with van der Waals surface area (Å²) in [6.45, 7) is 7.41. The van der Waals surface area contributed by atoms with Crippen molar-refractivity contribution in [2.24, 2.45) is 11.1 Å². The zero-order chi connectivity index (χ0) is 15.0. The van der Waals surface area contributed by atoms with Crippen LogP contribution >= 0.6 is 0 Å². The van der Waals surface area contributed by atoms with E-state index < -0.39 is 5.41 Å². The SMILES string of the molecule is CCOc1ccccc1CNC(=O)C(CC)(CC)CN. The molecule has 1 aromatic rings. The summed E-state index contributed by atoms with van der Waals surface area (Å²) in [5.41, 5.74) is 6.32. The van der Waals surface area contributed by atoms with Crippen molar-refractivity contribution in [2.45, 2.75) is 40.2 Å². The van der Waals surface area contributed by atoms with Crippen molar-refractivity contribution >= 4 is 5.91 Å². The van der Waals surface area contributed by atoms with Gasteiger partial charge in [-0.05, 0) is 25.8 Å². The first-order valence-electron chi connectivity index (χ1n) is 7.32. The predicted octanol–water partition coefficient (Wildman–Crippen LogP) is 2.47. The van der Waals surface area contributed by atoms with Gasteiger partial charge in [0.15, 0.2) is 0 Å². The monoisotopic (exact) mass is 278 g/mol. The molecule has 0 aliphatic rings. The van der Waals surface area contributed by atoms with Crippen LogP contribution in [0.5, 0.6) is 5.75 Å². The highest BCUT2D eigenvalue weighted by Gasteiger charge is 2.33. The fraction of sp³-hybridized carbons (Fsp3) is 0.562. The summed E-state index contributed by atoms with van der Waals surface area (Å²) in [4.78, 5) is 12.4. The molecule has 4 nitrogen and oxygen atoms in total. The Bertz CT molecular complexity index is 420. The molecule has 1 rings (SSSR count). The van der Waals surface area contributed by atoms with Gasteiger partial charge in [-0.1, -0.05) is 32.0 Å². The predicted molar refractivity (Wildman–Crippen MR) is 81.5 cm³/mol. The normalized spacial score (nSPS) is 11.2. The molecule has 112 valence electrons. The van der Waals surface area contributed by atoms with Crippen LogP contribution in [0.2, 0.25) is 0 Å². The Morgan fingerprint density at radius 2 is 1.90 bits per heavy atom. The number of benzene rings is 1. The summed E-state index contributed by atoms with van der Waals surface area (Å²) in [6.07, 6.45) is 1.50. The minimum Gasteiger partial charge on any atom is -0.494 e. The molecule has 1 aromatic carbocycles. The number of carbonyl (C=O) groups is 1. The van der Waals surface area contributed by atoms with E-state index in [1.165, 1.54) is 0 Å². The second kappa shape index (κ2) is 7.90. The molecule has 4 heteroatoms. The Morgan fingerprint density at radius 1 is 1.25 bits per heavy atom. The molecule has 0 fully saturated rings. The number of nitrogens with one attached hydrogen (secondary N) is 1. The van der Waals surface area contributed by atoms with Gasteiger partial charge in [0.25, 0.3) is 0 Å². The van der Waals surface area contributed by atoms with E-state index in [1.807, 2.05) is 45.0 Å². The van der Waals surface area contributed by atoms with Gasteiger partial charge in [-0.2, -0.15) is 0 Å². The second-order valence-electron chi connectivity index (χ2n) is 4.91. The molecule has 0 saturated carbocycles. The Kier molecular flexibility index (Phi) is 6.52. The highest BCUT2D eigenvalue weighted by molar-refractivity contribution is 5.82. The number of carbonyl (C=O) groups excluding carboxylic acids is 1. The molecule has 0 bridgehead atoms. The Labute approximate surface area is 121 Å². The van der Waals surface area contributed by atoms with Crippen molar-refractivity contribution in [3.8, 4) is 5.75 Å². The average molecular weight is 278 g/mol. The van der Waals surface area contributed by atoms with Gasteiger partial charge in [-0.15, -0.1) is 0 Å². The quantitative estimate of drug-likeness (QED) is 0.767. The summed E-state index contributed by atoms with van der Waals surface area (Å²) in [6, 6.07) is 7.76. The minimum absolute atomic E-state index is 0.0244. The Morgan fingerprint density at radius 3 is 2.45 bits per heavy atom. The topological polar surface area (TPSA) is 64.3 Å². The highest BCUT2D eigenvalue weighted by atomic mass is 16.5. The standard InChI is InChI=1S/C16H26N2O2/c1-4-16(5-2,12-17)15(19)18-11-13-9-7-8-10-14(13)20-6-3/h7-10H,4-6,11-12,17H2,1-3H3,(H,18,19). The molecule has 0 aliphatic carbocycles. The molecule has 0 saturated heterocycles. The molecule has 0 aliphatic heterocycles. The molecule has 0 radical (unpaired) electrons. The summed E-state index contributed by atoms with van der Waals surface area (Å²) in [7, 11) is 0. The van der Waals surface area contributed by atoms with Crippen molar-refractivity contribution in [3.05, 3.63) is 29.8 Å². The zero-order valence-corrected chi connectivity index (χ0v) is 12.7. The van der Waals surface area contributed by atoms with E-state index in [4.69, 9.17) is 10.5 Å². The van der Waals surface area contributed by atoms with Crippen LogP contribution in [0, 0.1) is 5.41 Å². The van der Waals surface area contributed by atoms with Gasteiger partial charge < -0.3 is 15.8 Å². The highest BCUT2D eigenvalue weighted by Crippen LogP contribution is 2.25. The molecule has 3 N–H and O–H groups in total. The number of nitrogens with two attached hydrogens (primary N) is 1. The maximum Gasteiger partial charge on any atom is 0.227 e. The molecular formula is C16H26N2O2. The lowest BCUT2D eigenvalue weighted by atomic mass is 9.81. The Balaban J connectivity index is 2.74. The van der Waals surface area contributed by atoms with Crippen molar-refractivity contribution < 1.29 is 9.53 Å². The number of para-hydroxylation sites is 1. The molecule has 0 aromatic heterocycles. The molecule has 1 amide bonds. The van der Waals surface area contributed by atoms with Crippen LogP contribution in [0.1, 0.15) is 39.2 Å². The van der Waals surface area contributed by atoms with E-state index in [0.717, 1.165) is 24.2 Å². The smallest absolute Gasteiger partial charge is 0.227 e. The first-order valence-corrected chi connectivity index (χ1v) is 7.32. The van der Waals surface area contributed by atoms with Crippen LogP contribution in [-0.2, 0) is 11.3 Å². The zero-order valence-electron chi connectivity index (χ0n) is 12.7. The second-order valence-corrected chi connectivity index (χ2v) is 4.91. The molecule has 0 spiro atoms. The number of amides is 1. The summed E-state index contributed by atoms with van der Waals surface area (Å²) < 4.78 is 5.56. The third-order valence-electron chi connectivity index (χ3n) is 3.94. The van der Waals surface area contributed by atoms with Crippen LogP contribution in [0.15, 0.2) is 24.3 Å². The van der Waals surface area contributed by atoms with Crippen molar-refractivity contribution in [2.75, 3.05) is 13.2 Å². The summed E-state index contributed by atoms with van der Waals surface area (Å²) in [5, 5.41) is 2.99. The third-order valence-corrected chi connectivity index (χ3v) is 3.94. The van der Waals surface area contributed by atoms with Gasteiger partial charge >= 0.3 is 0 Å². The molecule has 0 unspecified atom stereocenters. The fourth-order valence-corrected chi connectivity index (χ4v) is 2.26. The van der Waals surface area contributed by atoms with E-state index in [1.54, 1.807) is 0 Å². The number of rotatable bonds is 8. The Hall–Kier alpha value is -1.55. The van der Waals surface area contributed by atoms with Crippen LogP contribution in [0.3, 0.4) is 0 Å².